The Hall–Kier alpha value is -3.89. The van der Waals surface area contributed by atoms with E-state index < -0.39 is 11.9 Å². The van der Waals surface area contributed by atoms with E-state index in [1.807, 2.05) is 0 Å². The van der Waals surface area contributed by atoms with Crippen molar-refractivity contribution in [1.29, 1.82) is 5.26 Å². The maximum atomic E-state index is 11.1. The Kier molecular flexibility index (Phi) is 6.85. The van der Waals surface area contributed by atoms with Crippen LogP contribution in [0, 0.1) is 11.3 Å². The number of nitriles is 1. The summed E-state index contributed by atoms with van der Waals surface area (Å²) in [5.74, 6) is -1.45. The first-order valence-electron chi connectivity index (χ1n) is 9.07. The van der Waals surface area contributed by atoms with Gasteiger partial charge in [0.05, 0.1) is 27.2 Å². The highest BCUT2D eigenvalue weighted by molar-refractivity contribution is 9.10. The molecule has 31 heavy (non-hydrogen) atoms. The van der Waals surface area contributed by atoms with E-state index in [4.69, 9.17) is 14.9 Å². The lowest BCUT2D eigenvalue weighted by molar-refractivity contribution is 0.0686. The normalized spacial score (nSPS) is 10.9. The van der Waals surface area contributed by atoms with Crippen LogP contribution in [0.3, 0.4) is 0 Å². The smallest absolute Gasteiger partial charge is 0.335 e. The third kappa shape index (κ3) is 5.59. The second kappa shape index (κ2) is 9.74. The Balaban J connectivity index is 1.76. The zero-order valence-corrected chi connectivity index (χ0v) is 17.7. The minimum atomic E-state index is -1.02. The molecule has 0 fully saturated rings. The molecule has 2 N–H and O–H groups in total. The molecule has 0 amide bonds. The Morgan fingerprint density at radius 1 is 0.935 bits per heavy atom. The highest BCUT2D eigenvalue weighted by atomic mass is 79.9. The number of carboxylic acid groups (broad SMARTS) is 2. The lowest BCUT2D eigenvalue weighted by atomic mass is 10.0. The first kappa shape index (κ1) is 21.8. The summed E-state index contributed by atoms with van der Waals surface area (Å²) in [7, 11) is 0. The number of ether oxygens (including phenoxy) is 1. The van der Waals surface area contributed by atoms with Gasteiger partial charge in [-0.25, -0.2) is 9.59 Å². The number of carboxylic acids is 2. The maximum absolute atomic E-state index is 11.1. The summed E-state index contributed by atoms with van der Waals surface area (Å²) in [6, 6.07) is 20.1. The van der Waals surface area contributed by atoms with Crippen LogP contribution in [0.4, 0.5) is 0 Å². The van der Waals surface area contributed by atoms with E-state index in [9.17, 15) is 14.9 Å². The zero-order chi connectivity index (χ0) is 22.4. The molecule has 0 spiro atoms. The summed E-state index contributed by atoms with van der Waals surface area (Å²) in [6.45, 7) is 0.203. The Morgan fingerprint density at radius 2 is 1.61 bits per heavy atom. The highest BCUT2D eigenvalue weighted by Crippen LogP contribution is 2.29. The van der Waals surface area contributed by atoms with Crippen molar-refractivity contribution in [2.75, 3.05) is 0 Å². The lowest BCUT2D eigenvalue weighted by Crippen LogP contribution is -2.00. The number of hydrogen-bond donors (Lipinski definition) is 2. The summed E-state index contributed by atoms with van der Waals surface area (Å²) in [5, 5.41) is 27.6. The number of aromatic carboxylic acids is 2. The van der Waals surface area contributed by atoms with Crippen molar-refractivity contribution < 1.29 is 24.5 Å². The van der Waals surface area contributed by atoms with E-state index in [1.54, 1.807) is 54.6 Å². The van der Waals surface area contributed by atoms with Gasteiger partial charge in [-0.2, -0.15) is 5.26 Å². The minimum absolute atomic E-state index is 0.152. The van der Waals surface area contributed by atoms with Crippen LogP contribution in [0.15, 0.2) is 71.2 Å². The van der Waals surface area contributed by atoms with Crippen LogP contribution in [0.2, 0.25) is 0 Å². The van der Waals surface area contributed by atoms with Crippen LogP contribution in [0.1, 0.15) is 37.4 Å². The molecular weight excluding hydrogens is 462 g/mol. The second-order valence-corrected chi connectivity index (χ2v) is 7.39. The molecule has 0 bridgehead atoms. The number of hydrogen-bond acceptors (Lipinski definition) is 4. The zero-order valence-electron chi connectivity index (χ0n) is 16.1. The average Bonchev–Trinajstić information content (AvgIpc) is 2.77. The van der Waals surface area contributed by atoms with E-state index in [2.05, 4.69) is 22.0 Å². The molecule has 0 radical (unpaired) electrons. The predicted molar refractivity (Wildman–Crippen MR) is 119 cm³/mol. The van der Waals surface area contributed by atoms with Crippen molar-refractivity contribution in [1.82, 2.24) is 0 Å². The van der Waals surface area contributed by atoms with E-state index in [0.29, 0.717) is 21.4 Å². The molecule has 0 heterocycles. The number of benzene rings is 3. The Labute approximate surface area is 186 Å². The largest absolute Gasteiger partial charge is 0.488 e. The first-order chi connectivity index (χ1) is 14.9. The van der Waals surface area contributed by atoms with Gasteiger partial charge in [-0.15, -0.1) is 0 Å². The van der Waals surface area contributed by atoms with Crippen LogP contribution >= 0.6 is 15.9 Å². The SMILES string of the molecule is N#C/C(=C/c1ccc(OCc2cccc(C(=O)O)c2)c(Br)c1)c1ccc(C(=O)O)cc1. The molecule has 3 rings (SSSR count). The topological polar surface area (TPSA) is 108 Å². The van der Waals surface area contributed by atoms with Gasteiger partial charge in [0.2, 0.25) is 0 Å². The van der Waals surface area contributed by atoms with Gasteiger partial charge < -0.3 is 14.9 Å². The van der Waals surface area contributed by atoms with Gasteiger partial charge in [0.1, 0.15) is 12.4 Å². The fourth-order valence-corrected chi connectivity index (χ4v) is 3.33. The van der Waals surface area contributed by atoms with Gasteiger partial charge in [0, 0.05) is 0 Å². The molecule has 3 aromatic carbocycles. The number of carbonyl (C=O) groups is 2. The van der Waals surface area contributed by atoms with Crippen LogP contribution < -0.4 is 4.74 Å². The maximum Gasteiger partial charge on any atom is 0.335 e. The fourth-order valence-electron chi connectivity index (χ4n) is 2.82. The highest BCUT2D eigenvalue weighted by Gasteiger charge is 2.08. The summed E-state index contributed by atoms with van der Waals surface area (Å²) in [5.41, 5.74) is 2.84. The van der Waals surface area contributed by atoms with E-state index in [1.165, 1.54) is 18.2 Å². The quantitative estimate of drug-likeness (QED) is 0.344. The fraction of sp³-hybridized carbons (Fsp3) is 0.0417. The van der Waals surface area contributed by atoms with Crippen LogP contribution in [0.5, 0.6) is 5.75 Å². The number of halogens is 1. The van der Waals surface area contributed by atoms with Crippen molar-refractivity contribution in [2.24, 2.45) is 0 Å². The molecule has 0 aromatic heterocycles. The molecule has 0 aliphatic rings. The molecule has 6 nitrogen and oxygen atoms in total. The molecule has 0 saturated carbocycles. The first-order valence-corrected chi connectivity index (χ1v) is 9.87. The third-order valence-electron chi connectivity index (χ3n) is 4.40. The van der Waals surface area contributed by atoms with Crippen molar-refractivity contribution in [3.8, 4) is 11.8 Å². The molecule has 0 aliphatic heterocycles. The molecule has 0 aliphatic carbocycles. The molecule has 0 saturated heterocycles. The van der Waals surface area contributed by atoms with Crippen molar-refractivity contribution >= 4 is 39.5 Å². The lowest BCUT2D eigenvalue weighted by Gasteiger charge is -2.10. The summed E-state index contributed by atoms with van der Waals surface area (Å²) >= 11 is 3.46. The summed E-state index contributed by atoms with van der Waals surface area (Å²) in [4.78, 5) is 22.1. The third-order valence-corrected chi connectivity index (χ3v) is 5.02. The van der Waals surface area contributed by atoms with E-state index in [-0.39, 0.29) is 17.7 Å². The van der Waals surface area contributed by atoms with Crippen molar-refractivity contribution in [3.05, 3.63) is 99.0 Å². The number of allylic oxidation sites excluding steroid dienone is 1. The summed E-state index contributed by atoms with van der Waals surface area (Å²) in [6.07, 6.45) is 1.70. The minimum Gasteiger partial charge on any atom is -0.488 e. The van der Waals surface area contributed by atoms with Gasteiger partial charge in [0.15, 0.2) is 0 Å². The standard InChI is InChI=1S/C24H16BrNO5/c25-21-12-15(10-20(13-26)17-5-7-18(8-6-17)23(27)28)4-9-22(21)31-14-16-2-1-3-19(11-16)24(29)30/h1-12H,14H2,(H,27,28)(H,29,30)/b20-10-. The van der Waals surface area contributed by atoms with Gasteiger partial charge >= 0.3 is 11.9 Å². The van der Waals surface area contributed by atoms with Crippen molar-refractivity contribution in [3.63, 3.8) is 0 Å². The molecule has 3 aromatic rings. The molecular formula is C24H16BrNO5. The van der Waals surface area contributed by atoms with Gasteiger partial charge in [-0.3, -0.25) is 0 Å². The number of rotatable bonds is 7. The molecule has 154 valence electrons. The second-order valence-electron chi connectivity index (χ2n) is 6.54. The Bertz CT molecular complexity index is 1210. The van der Waals surface area contributed by atoms with E-state index >= 15 is 0 Å². The predicted octanol–water partition coefficient (Wildman–Crippen LogP) is 5.49. The molecule has 0 atom stereocenters. The molecule has 0 unspecified atom stereocenters. The van der Waals surface area contributed by atoms with Gasteiger partial charge in [0.25, 0.3) is 0 Å². The van der Waals surface area contributed by atoms with Crippen LogP contribution in [-0.2, 0) is 6.61 Å². The molecule has 7 heteroatoms. The monoisotopic (exact) mass is 477 g/mol. The van der Waals surface area contributed by atoms with Crippen LogP contribution in [-0.4, -0.2) is 22.2 Å². The van der Waals surface area contributed by atoms with Gasteiger partial charge in [-0.1, -0.05) is 30.3 Å². The van der Waals surface area contributed by atoms with Crippen LogP contribution in [0.25, 0.3) is 11.6 Å². The van der Waals surface area contributed by atoms with E-state index in [0.717, 1.165) is 11.1 Å². The number of nitrogens with zero attached hydrogens (tertiary/aromatic N) is 1. The average molecular weight is 478 g/mol. The Morgan fingerprint density at radius 3 is 2.23 bits per heavy atom. The summed E-state index contributed by atoms with van der Waals surface area (Å²) < 4.78 is 6.46. The van der Waals surface area contributed by atoms with Crippen molar-refractivity contribution in [2.45, 2.75) is 6.61 Å². The van der Waals surface area contributed by atoms with Gasteiger partial charge in [-0.05, 0) is 75.1 Å².